The molecule has 1 unspecified atom stereocenters. The Balaban J connectivity index is 1.56. The average Bonchev–Trinajstić information content (AvgIpc) is 3.31. The molecule has 0 bridgehead atoms. The van der Waals surface area contributed by atoms with Crippen molar-refractivity contribution in [3.8, 4) is 11.5 Å². The van der Waals surface area contributed by atoms with Crippen LogP contribution in [0, 0.1) is 5.92 Å². The number of carbonyl (C=O) groups excluding carboxylic acids is 1. The molecule has 3 aromatic rings. The summed E-state index contributed by atoms with van der Waals surface area (Å²) in [4.78, 5) is 13.1. The number of nitrogens with one attached hydrogen (secondary N) is 1. The Morgan fingerprint density at radius 2 is 1.59 bits per heavy atom. The van der Waals surface area contributed by atoms with E-state index in [0.29, 0.717) is 12.2 Å². The van der Waals surface area contributed by atoms with Crippen molar-refractivity contribution >= 4 is 17.4 Å². The lowest BCUT2D eigenvalue weighted by atomic mass is 9.82. The summed E-state index contributed by atoms with van der Waals surface area (Å²) in [6.07, 6.45) is 0.0966. The largest absolute Gasteiger partial charge is 0.497 e. The van der Waals surface area contributed by atoms with Crippen LogP contribution in [0.15, 0.2) is 84.0 Å². The van der Waals surface area contributed by atoms with Crippen molar-refractivity contribution in [2.24, 2.45) is 11.0 Å². The molecule has 1 aliphatic heterocycles. The van der Waals surface area contributed by atoms with E-state index in [0.717, 1.165) is 22.8 Å². The number of hydrogen-bond acceptors (Lipinski definition) is 4. The monoisotopic (exact) mass is 457 g/mol. The Kier molecular flexibility index (Phi) is 7.16. The number of urea groups is 1. The number of hydrazone groups is 1. The summed E-state index contributed by atoms with van der Waals surface area (Å²) in [6.45, 7) is 6.65. The van der Waals surface area contributed by atoms with Crippen molar-refractivity contribution in [2.45, 2.75) is 32.8 Å². The van der Waals surface area contributed by atoms with Gasteiger partial charge >= 0.3 is 6.03 Å². The molecular weight excluding hydrogens is 426 g/mol. The molecule has 0 aliphatic carbocycles. The van der Waals surface area contributed by atoms with Gasteiger partial charge in [0.1, 0.15) is 11.5 Å². The number of amides is 2. The first-order valence-corrected chi connectivity index (χ1v) is 11.6. The van der Waals surface area contributed by atoms with Crippen molar-refractivity contribution in [2.75, 3.05) is 19.0 Å². The van der Waals surface area contributed by atoms with Gasteiger partial charge in [0.15, 0.2) is 0 Å². The Morgan fingerprint density at radius 3 is 2.21 bits per heavy atom. The lowest BCUT2D eigenvalue weighted by Crippen LogP contribution is -2.32. The molecule has 0 spiro atoms. The van der Waals surface area contributed by atoms with Crippen LogP contribution in [-0.2, 0) is 0 Å². The van der Waals surface area contributed by atoms with Gasteiger partial charge in [0.2, 0.25) is 0 Å². The Morgan fingerprint density at radius 1 is 0.941 bits per heavy atom. The van der Waals surface area contributed by atoms with Crippen molar-refractivity contribution in [3.63, 3.8) is 0 Å². The maximum absolute atomic E-state index is 13.1. The van der Waals surface area contributed by atoms with Gasteiger partial charge < -0.3 is 14.8 Å². The van der Waals surface area contributed by atoms with E-state index in [9.17, 15) is 4.79 Å². The molecule has 0 radical (unpaired) electrons. The maximum atomic E-state index is 13.1. The van der Waals surface area contributed by atoms with E-state index < -0.39 is 0 Å². The summed E-state index contributed by atoms with van der Waals surface area (Å²) in [5, 5.41) is 9.26. The maximum Gasteiger partial charge on any atom is 0.342 e. The summed E-state index contributed by atoms with van der Waals surface area (Å²) >= 11 is 0. The fourth-order valence-corrected chi connectivity index (χ4v) is 4.14. The predicted octanol–water partition coefficient (Wildman–Crippen LogP) is 6.15. The van der Waals surface area contributed by atoms with Crippen LogP contribution in [0.4, 0.5) is 10.5 Å². The van der Waals surface area contributed by atoms with E-state index in [1.807, 2.05) is 80.6 Å². The molecule has 3 aromatic carbocycles. The number of nitrogens with zero attached hydrogens (tertiary/aromatic N) is 2. The van der Waals surface area contributed by atoms with Crippen molar-refractivity contribution in [1.82, 2.24) is 5.01 Å². The highest BCUT2D eigenvalue weighted by molar-refractivity contribution is 6.05. The molecule has 0 saturated carbocycles. The highest BCUT2D eigenvalue weighted by atomic mass is 16.5. The van der Waals surface area contributed by atoms with Crippen LogP contribution in [0.3, 0.4) is 0 Å². The van der Waals surface area contributed by atoms with E-state index in [2.05, 4.69) is 24.4 Å². The number of benzene rings is 3. The third-order valence-electron chi connectivity index (χ3n) is 5.98. The number of anilines is 1. The van der Waals surface area contributed by atoms with Crippen LogP contribution in [0.1, 0.15) is 37.8 Å². The zero-order valence-electron chi connectivity index (χ0n) is 20.1. The van der Waals surface area contributed by atoms with Gasteiger partial charge in [-0.15, -0.1) is 0 Å². The quantitative estimate of drug-likeness (QED) is 0.463. The first kappa shape index (κ1) is 23.4. The fraction of sp³-hybridized carbons (Fsp3) is 0.286. The zero-order chi connectivity index (χ0) is 24.1. The molecule has 2 atom stereocenters. The molecule has 1 N–H and O–H groups in total. The molecule has 6 nitrogen and oxygen atoms in total. The van der Waals surface area contributed by atoms with Crippen molar-refractivity contribution in [1.29, 1.82) is 0 Å². The SMILES string of the molecule is COc1ccc(C2=NN(C(=O)Nc3ccc(OC(C)C)cc3)C[C@@H]2C(C)c2ccccc2)cc1. The number of rotatable bonds is 7. The first-order chi connectivity index (χ1) is 16.4. The lowest BCUT2D eigenvalue weighted by Gasteiger charge is -2.22. The Bertz CT molecular complexity index is 1130. The standard InChI is InChI=1S/C28H31N3O3/c1-19(2)34-25-16-12-23(13-17-25)29-28(32)31-18-26(20(3)21-8-6-5-7-9-21)27(30-31)22-10-14-24(33-4)15-11-22/h5-17,19-20,26H,18H2,1-4H3,(H,29,32)/t20?,26-/m1/s1. The van der Waals surface area contributed by atoms with E-state index >= 15 is 0 Å². The van der Waals surface area contributed by atoms with Gasteiger partial charge in [-0.3, -0.25) is 0 Å². The number of ether oxygens (including phenoxy) is 2. The minimum atomic E-state index is -0.258. The van der Waals surface area contributed by atoms with Crippen LogP contribution in [-0.4, -0.2) is 36.5 Å². The molecular formula is C28H31N3O3. The average molecular weight is 458 g/mol. The summed E-state index contributed by atoms with van der Waals surface area (Å²) in [5.41, 5.74) is 3.80. The summed E-state index contributed by atoms with van der Waals surface area (Å²) in [5.74, 6) is 1.80. The second-order valence-electron chi connectivity index (χ2n) is 8.72. The van der Waals surface area contributed by atoms with E-state index in [1.54, 1.807) is 7.11 Å². The molecule has 0 saturated heterocycles. The molecule has 34 heavy (non-hydrogen) atoms. The lowest BCUT2D eigenvalue weighted by molar-refractivity contribution is 0.214. The van der Waals surface area contributed by atoms with Gasteiger partial charge in [0, 0.05) is 11.6 Å². The zero-order valence-corrected chi connectivity index (χ0v) is 20.1. The van der Waals surface area contributed by atoms with Crippen molar-refractivity contribution < 1.29 is 14.3 Å². The molecule has 1 heterocycles. The van der Waals surface area contributed by atoms with Crippen LogP contribution in [0.5, 0.6) is 11.5 Å². The topological polar surface area (TPSA) is 63.2 Å². The summed E-state index contributed by atoms with van der Waals surface area (Å²) in [6, 6.07) is 25.3. The number of hydrogen-bond donors (Lipinski definition) is 1. The van der Waals surface area contributed by atoms with E-state index in [1.165, 1.54) is 10.6 Å². The van der Waals surface area contributed by atoms with Crippen LogP contribution in [0.25, 0.3) is 0 Å². The minimum Gasteiger partial charge on any atom is -0.497 e. The molecule has 0 aromatic heterocycles. The first-order valence-electron chi connectivity index (χ1n) is 11.6. The third-order valence-corrected chi connectivity index (χ3v) is 5.98. The van der Waals surface area contributed by atoms with Crippen LogP contribution >= 0.6 is 0 Å². The van der Waals surface area contributed by atoms with Gasteiger partial charge in [-0.25, -0.2) is 9.80 Å². The van der Waals surface area contributed by atoms with E-state index in [-0.39, 0.29) is 24.0 Å². The minimum absolute atomic E-state index is 0.0587. The van der Waals surface area contributed by atoms with E-state index in [4.69, 9.17) is 14.6 Å². The molecule has 1 aliphatic rings. The molecule has 4 rings (SSSR count). The summed E-state index contributed by atoms with van der Waals surface area (Å²) in [7, 11) is 1.65. The Labute approximate surface area is 201 Å². The molecule has 0 fully saturated rings. The van der Waals surface area contributed by atoms with Gasteiger partial charge in [-0.1, -0.05) is 37.3 Å². The van der Waals surface area contributed by atoms with Gasteiger partial charge in [0.25, 0.3) is 0 Å². The highest BCUT2D eigenvalue weighted by Crippen LogP contribution is 2.33. The number of carbonyl (C=O) groups is 1. The number of methoxy groups -OCH3 is 1. The smallest absolute Gasteiger partial charge is 0.342 e. The predicted molar refractivity (Wildman–Crippen MR) is 136 cm³/mol. The normalized spacial score (nSPS) is 16.2. The van der Waals surface area contributed by atoms with Crippen LogP contribution in [0.2, 0.25) is 0 Å². The van der Waals surface area contributed by atoms with Crippen molar-refractivity contribution in [3.05, 3.63) is 90.0 Å². The molecule has 6 heteroatoms. The molecule has 176 valence electrons. The van der Waals surface area contributed by atoms with Gasteiger partial charge in [0.05, 0.1) is 25.5 Å². The molecule has 2 amide bonds. The Hall–Kier alpha value is -3.80. The summed E-state index contributed by atoms with van der Waals surface area (Å²) < 4.78 is 11.0. The van der Waals surface area contributed by atoms with Gasteiger partial charge in [-0.2, -0.15) is 5.10 Å². The fourth-order valence-electron chi connectivity index (χ4n) is 4.14. The third kappa shape index (κ3) is 5.39. The highest BCUT2D eigenvalue weighted by Gasteiger charge is 2.35. The second kappa shape index (κ2) is 10.4. The van der Waals surface area contributed by atoms with Gasteiger partial charge in [-0.05, 0) is 79.4 Å². The van der Waals surface area contributed by atoms with Crippen LogP contribution < -0.4 is 14.8 Å². The second-order valence-corrected chi connectivity index (χ2v) is 8.72.